The first-order valence-electron chi connectivity index (χ1n) is 7.96. The highest BCUT2D eigenvalue weighted by molar-refractivity contribution is 6.32. The van der Waals surface area contributed by atoms with E-state index in [1.807, 2.05) is 19.2 Å². The number of rotatable bonds is 5. The van der Waals surface area contributed by atoms with E-state index in [0.29, 0.717) is 42.0 Å². The maximum atomic E-state index is 12.9. The molecule has 2 aromatic carbocycles. The molecule has 0 radical (unpaired) electrons. The Hall–Kier alpha value is -2.31. The number of quaternary nitrogens is 1. The molecule has 1 amide bonds. The number of amides is 1. The summed E-state index contributed by atoms with van der Waals surface area (Å²) in [5.41, 5.74) is 1.53. The summed E-state index contributed by atoms with van der Waals surface area (Å²) in [5, 5.41) is 3.26. The number of hydrogen-bond acceptors (Lipinski definition) is 3. The number of likely N-dealkylation sites (N-methyl/N-ethyl adjacent to an activating group) is 1. The lowest BCUT2D eigenvalue weighted by atomic mass is 10.2. The van der Waals surface area contributed by atoms with Gasteiger partial charge in [-0.1, -0.05) is 11.6 Å². The molecule has 2 aromatic rings. The fourth-order valence-corrected chi connectivity index (χ4v) is 2.98. The smallest absolute Gasteiger partial charge is 0.279 e. The number of hydrogen-bond donors (Lipinski definition) is 2. The zero-order valence-electron chi connectivity index (χ0n) is 13.8. The molecule has 2 N–H and O–H groups in total. The van der Waals surface area contributed by atoms with E-state index in [1.54, 1.807) is 0 Å². The molecule has 25 heavy (non-hydrogen) atoms. The molecule has 0 saturated heterocycles. The summed E-state index contributed by atoms with van der Waals surface area (Å²) in [4.78, 5) is 13.1. The highest BCUT2D eigenvalue weighted by Gasteiger charge is 2.18. The summed E-state index contributed by atoms with van der Waals surface area (Å²) in [7, 11) is 1.91. The molecule has 0 spiro atoms. The van der Waals surface area contributed by atoms with Crippen LogP contribution in [0.4, 0.5) is 10.1 Å². The maximum absolute atomic E-state index is 12.9. The molecule has 0 aromatic heterocycles. The average Bonchev–Trinajstić information content (AvgIpc) is 2.57. The number of fused-ring (bicyclic) bond motifs is 1. The van der Waals surface area contributed by atoms with Gasteiger partial charge in [-0.05, 0) is 36.4 Å². The summed E-state index contributed by atoms with van der Waals surface area (Å²) in [6.07, 6.45) is 0. The molecule has 0 bridgehead atoms. The van der Waals surface area contributed by atoms with Crippen molar-refractivity contribution in [2.75, 3.05) is 32.1 Å². The van der Waals surface area contributed by atoms with Crippen LogP contribution in [0.3, 0.4) is 0 Å². The molecular formula is C18H19ClFN2O3+. The Labute approximate surface area is 150 Å². The minimum atomic E-state index is -0.337. The van der Waals surface area contributed by atoms with Gasteiger partial charge in [-0.25, -0.2) is 4.39 Å². The largest absolute Gasteiger partial charge is 0.486 e. The number of carbonyl (C=O) groups is 1. The van der Waals surface area contributed by atoms with Gasteiger partial charge in [0.25, 0.3) is 5.91 Å². The standard InChI is InChI=1S/C18H18ClFN2O3/c1-22(11-17(23)21-14-4-2-13(20)3-5-14)10-12-8-15(19)18-16(9-12)24-6-7-25-18/h2-5,8-9H,6-7,10-11H2,1H3,(H,21,23)/p+1. The van der Waals surface area contributed by atoms with Crippen LogP contribution in [0.1, 0.15) is 5.56 Å². The van der Waals surface area contributed by atoms with Gasteiger partial charge in [0.15, 0.2) is 18.0 Å². The number of anilines is 1. The Balaban J connectivity index is 1.58. The lowest BCUT2D eigenvalue weighted by Crippen LogP contribution is -3.08. The van der Waals surface area contributed by atoms with Crippen LogP contribution in [-0.2, 0) is 11.3 Å². The van der Waals surface area contributed by atoms with Gasteiger partial charge in [0.2, 0.25) is 0 Å². The van der Waals surface area contributed by atoms with E-state index in [0.717, 1.165) is 10.5 Å². The van der Waals surface area contributed by atoms with Crippen molar-refractivity contribution >= 4 is 23.2 Å². The molecule has 0 fully saturated rings. The topological polar surface area (TPSA) is 52.0 Å². The monoisotopic (exact) mass is 365 g/mol. The number of benzene rings is 2. The van der Waals surface area contributed by atoms with E-state index in [-0.39, 0.29) is 18.3 Å². The van der Waals surface area contributed by atoms with Crippen molar-refractivity contribution in [2.24, 2.45) is 0 Å². The second-order valence-corrected chi connectivity index (χ2v) is 6.37. The van der Waals surface area contributed by atoms with Crippen molar-refractivity contribution in [3.8, 4) is 11.5 Å². The lowest BCUT2D eigenvalue weighted by molar-refractivity contribution is -0.885. The fourth-order valence-electron chi connectivity index (χ4n) is 2.69. The van der Waals surface area contributed by atoms with Gasteiger partial charge in [0.1, 0.15) is 25.6 Å². The molecule has 5 nitrogen and oxygen atoms in total. The van der Waals surface area contributed by atoms with Gasteiger partial charge in [0, 0.05) is 11.3 Å². The number of nitrogens with one attached hydrogen (secondary N) is 2. The lowest BCUT2D eigenvalue weighted by Gasteiger charge is -2.21. The SMILES string of the molecule is C[NH+](CC(=O)Nc1ccc(F)cc1)Cc1cc(Cl)c2c(c1)OCCO2. The first-order valence-corrected chi connectivity index (χ1v) is 8.34. The van der Waals surface area contributed by atoms with Gasteiger partial charge in [-0.15, -0.1) is 0 Å². The first kappa shape index (κ1) is 17.5. The van der Waals surface area contributed by atoms with Gasteiger partial charge >= 0.3 is 0 Å². The second kappa shape index (κ2) is 7.72. The minimum Gasteiger partial charge on any atom is -0.486 e. The molecule has 7 heteroatoms. The third kappa shape index (κ3) is 4.61. The van der Waals surface area contributed by atoms with Gasteiger partial charge in [-0.2, -0.15) is 0 Å². The predicted octanol–water partition coefficient (Wildman–Crippen LogP) is 1.90. The quantitative estimate of drug-likeness (QED) is 0.851. The van der Waals surface area contributed by atoms with Crippen LogP contribution in [0.25, 0.3) is 0 Å². The third-order valence-electron chi connectivity index (χ3n) is 3.75. The highest BCUT2D eigenvalue weighted by Crippen LogP contribution is 2.38. The van der Waals surface area contributed by atoms with Crippen molar-refractivity contribution in [3.05, 3.63) is 52.8 Å². The normalized spacial score (nSPS) is 14.0. The molecule has 3 rings (SSSR count). The Bertz CT molecular complexity index is 768. The molecule has 1 atom stereocenters. The second-order valence-electron chi connectivity index (χ2n) is 5.97. The zero-order valence-corrected chi connectivity index (χ0v) is 14.5. The molecule has 1 unspecified atom stereocenters. The molecule has 0 aliphatic carbocycles. The van der Waals surface area contributed by atoms with Crippen LogP contribution in [0.2, 0.25) is 5.02 Å². The van der Waals surface area contributed by atoms with Gasteiger partial charge in [0.05, 0.1) is 12.1 Å². The molecule has 1 aliphatic heterocycles. The summed E-state index contributed by atoms with van der Waals surface area (Å²) < 4.78 is 23.9. The van der Waals surface area contributed by atoms with Crippen molar-refractivity contribution < 1.29 is 23.6 Å². The minimum absolute atomic E-state index is 0.146. The molecule has 1 aliphatic rings. The zero-order chi connectivity index (χ0) is 17.8. The van der Waals surface area contributed by atoms with Crippen LogP contribution in [0, 0.1) is 5.82 Å². The summed E-state index contributed by atoms with van der Waals surface area (Å²) in [6.45, 7) is 1.85. The van der Waals surface area contributed by atoms with E-state index < -0.39 is 0 Å². The average molecular weight is 366 g/mol. The highest BCUT2D eigenvalue weighted by atomic mass is 35.5. The summed E-state index contributed by atoms with van der Waals surface area (Å²) >= 11 is 6.23. The van der Waals surface area contributed by atoms with E-state index in [4.69, 9.17) is 21.1 Å². The van der Waals surface area contributed by atoms with Crippen LogP contribution < -0.4 is 19.7 Å². The Kier molecular flexibility index (Phi) is 5.40. The van der Waals surface area contributed by atoms with Gasteiger partial charge in [-0.3, -0.25) is 4.79 Å². The van der Waals surface area contributed by atoms with E-state index in [9.17, 15) is 9.18 Å². The number of ether oxygens (including phenoxy) is 2. The Morgan fingerprint density at radius 3 is 2.72 bits per heavy atom. The molecule has 0 saturated carbocycles. The van der Waals surface area contributed by atoms with Crippen LogP contribution >= 0.6 is 11.6 Å². The summed E-state index contributed by atoms with van der Waals surface area (Å²) in [5.74, 6) is 0.727. The summed E-state index contributed by atoms with van der Waals surface area (Å²) in [6, 6.07) is 9.40. The van der Waals surface area contributed by atoms with Crippen molar-refractivity contribution in [2.45, 2.75) is 6.54 Å². The van der Waals surface area contributed by atoms with Crippen LogP contribution in [0.15, 0.2) is 36.4 Å². The molecule has 132 valence electrons. The fraction of sp³-hybridized carbons (Fsp3) is 0.278. The molecule has 1 heterocycles. The van der Waals surface area contributed by atoms with E-state index >= 15 is 0 Å². The van der Waals surface area contributed by atoms with Gasteiger partial charge < -0.3 is 19.7 Å². The van der Waals surface area contributed by atoms with E-state index in [2.05, 4.69) is 5.32 Å². The number of halogens is 2. The van der Waals surface area contributed by atoms with E-state index in [1.165, 1.54) is 24.3 Å². The van der Waals surface area contributed by atoms with Crippen molar-refractivity contribution in [1.82, 2.24) is 0 Å². The number of carbonyl (C=O) groups excluding carboxylic acids is 1. The maximum Gasteiger partial charge on any atom is 0.279 e. The van der Waals surface area contributed by atoms with Crippen molar-refractivity contribution in [1.29, 1.82) is 0 Å². The molecular weight excluding hydrogens is 347 g/mol. The third-order valence-corrected chi connectivity index (χ3v) is 4.03. The van der Waals surface area contributed by atoms with Crippen LogP contribution in [-0.4, -0.2) is 32.7 Å². The first-order chi connectivity index (χ1) is 12.0. The van der Waals surface area contributed by atoms with Crippen molar-refractivity contribution in [3.63, 3.8) is 0 Å². The van der Waals surface area contributed by atoms with Crippen LogP contribution in [0.5, 0.6) is 11.5 Å². The Morgan fingerprint density at radius 2 is 1.96 bits per heavy atom. The predicted molar refractivity (Wildman–Crippen MR) is 92.9 cm³/mol. The Morgan fingerprint density at radius 1 is 1.24 bits per heavy atom.